The van der Waals surface area contributed by atoms with Gasteiger partial charge in [0.25, 0.3) is 0 Å². The van der Waals surface area contributed by atoms with Crippen molar-refractivity contribution < 1.29 is 14.7 Å². The van der Waals surface area contributed by atoms with Crippen LogP contribution in [0.3, 0.4) is 0 Å². The van der Waals surface area contributed by atoms with Gasteiger partial charge in [-0.15, -0.1) is 6.42 Å². The largest absolute Gasteiger partial charge is 0.480 e. The van der Waals surface area contributed by atoms with Crippen molar-refractivity contribution in [3.63, 3.8) is 0 Å². The van der Waals surface area contributed by atoms with Crippen LogP contribution in [0.1, 0.15) is 5.69 Å². The van der Waals surface area contributed by atoms with Crippen LogP contribution in [-0.2, 0) is 16.0 Å². The van der Waals surface area contributed by atoms with Crippen LogP contribution in [0.25, 0.3) is 0 Å². The maximum Gasteiger partial charge on any atom is 0.326 e. The number of aromatic amines is 1. The van der Waals surface area contributed by atoms with Gasteiger partial charge in [-0.3, -0.25) is 10.1 Å². The maximum atomic E-state index is 11.4. The van der Waals surface area contributed by atoms with E-state index >= 15 is 0 Å². The Morgan fingerprint density at radius 3 is 2.94 bits per heavy atom. The summed E-state index contributed by atoms with van der Waals surface area (Å²) in [5, 5.41) is 14.1. The van der Waals surface area contributed by atoms with Gasteiger partial charge in [0.2, 0.25) is 5.91 Å². The Bertz CT molecular complexity index is 436. The number of imidazole rings is 1. The normalized spacial score (nSPS) is 11.5. The number of rotatable bonds is 7. The Balaban J connectivity index is 2.45. The summed E-state index contributed by atoms with van der Waals surface area (Å²) in [5.74, 6) is 0.794. The lowest BCUT2D eigenvalue weighted by atomic mass is 10.1. The number of amides is 1. The molecule has 0 bridgehead atoms. The van der Waals surface area contributed by atoms with Crippen LogP contribution >= 0.6 is 0 Å². The zero-order valence-corrected chi connectivity index (χ0v) is 9.64. The fourth-order valence-corrected chi connectivity index (χ4v) is 1.31. The molecule has 0 fully saturated rings. The number of H-pyrrole nitrogens is 1. The van der Waals surface area contributed by atoms with E-state index in [1.807, 2.05) is 0 Å². The number of nitrogens with zero attached hydrogens (tertiary/aromatic N) is 1. The molecule has 0 aliphatic heterocycles. The number of carbonyl (C=O) groups excluding carboxylic acids is 1. The number of carboxylic acid groups (broad SMARTS) is 1. The van der Waals surface area contributed by atoms with E-state index in [0.29, 0.717) is 5.69 Å². The molecule has 1 aromatic heterocycles. The van der Waals surface area contributed by atoms with Crippen molar-refractivity contribution >= 4 is 11.9 Å². The number of carboxylic acids is 1. The highest BCUT2D eigenvalue weighted by atomic mass is 16.4. The van der Waals surface area contributed by atoms with Crippen molar-refractivity contribution in [3.05, 3.63) is 18.2 Å². The Kier molecular flexibility index (Phi) is 5.41. The predicted molar refractivity (Wildman–Crippen MR) is 63.6 cm³/mol. The molecule has 0 radical (unpaired) electrons. The summed E-state index contributed by atoms with van der Waals surface area (Å²) in [7, 11) is 0. The molecule has 0 saturated carbocycles. The summed E-state index contributed by atoms with van der Waals surface area (Å²) in [5.41, 5.74) is 0.638. The third-order valence-electron chi connectivity index (χ3n) is 2.12. The smallest absolute Gasteiger partial charge is 0.326 e. The van der Waals surface area contributed by atoms with Gasteiger partial charge in [-0.05, 0) is 0 Å². The SMILES string of the molecule is C#CCNCC(=O)NC(Cc1cnc[nH]1)C(=O)O. The molecule has 0 saturated heterocycles. The molecule has 0 aromatic carbocycles. The molecular weight excluding hydrogens is 236 g/mol. The number of hydrogen-bond donors (Lipinski definition) is 4. The minimum atomic E-state index is -1.10. The average Bonchev–Trinajstić information content (AvgIpc) is 2.81. The van der Waals surface area contributed by atoms with E-state index in [0.717, 1.165) is 0 Å². The molecule has 1 unspecified atom stereocenters. The molecule has 7 nitrogen and oxygen atoms in total. The minimum Gasteiger partial charge on any atom is -0.480 e. The number of terminal acetylenes is 1. The molecular formula is C11H14N4O3. The van der Waals surface area contributed by atoms with Crippen molar-refractivity contribution in [2.75, 3.05) is 13.1 Å². The Hall–Kier alpha value is -2.33. The van der Waals surface area contributed by atoms with Gasteiger partial charge in [0.1, 0.15) is 6.04 Å². The van der Waals surface area contributed by atoms with Crippen LogP contribution in [0.2, 0.25) is 0 Å². The van der Waals surface area contributed by atoms with Crippen molar-refractivity contribution in [1.29, 1.82) is 0 Å². The molecule has 0 spiro atoms. The summed E-state index contributed by atoms with van der Waals surface area (Å²) >= 11 is 0. The lowest BCUT2D eigenvalue weighted by Gasteiger charge is -2.13. The van der Waals surface area contributed by atoms with Gasteiger partial charge in [0.15, 0.2) is 0 Å². The van der Waals surface area contributed by atoms with E-state index in [1.54, 1.807) is 0 Å². The zero-order valence-electron chi connectivity index (χ0n) is 9.64. The Labute approximate surface area is 104 Å². The van der Waals surface area contributed by atoms with E-state index in [9.17, 15) is 9.59 Å². The molecule has 0 aliphatic rings. The molecule has 1 heterocycles. The summed E-state index contributed by atoms with van der Waals surface area (Å²) in [6.45, 7) is 0.239. The maximum absolute atomic E-state index is 11.4. The highest BCUT2D eigenvalue weighted by molar-refractivity contribution is 5.84. The first-order valence-corrected chi connectivity index (χ1v) is 5.27. The first-order chi connectivity index (χ1) is 8.63. The average molecular weight is 250 g/mol. The summed E-state index contributed by atoms with van der Waals surface area (Å²) < 4.78 is 0. The molecule has 0 aliphatic carbocycles. The second kappa shape index (κ2) is 7.09. The van der Waals surface area contributed by atoms with Gasteiger partial charge in [-0.1, -0.05) is 5.92 Å². The Morgan fingerprint density at radius 1 is 1.61 bits per heavy atom. The minimum absolute atomic E-state index is 0.0169. The van der Waals surface area contributed by atoms with Crippen molar-refractivity contribution in [2.24, 2.45) is 0 Å². The van der Waals surface area contributed by atoms with Crippen LogP contribution < -0.4 is 10.6 Å². The second-order valence-electron chi connectivity index (χ2n) is 3.55. The summed E-state index contributed by atoms with van der Waals surface area (Å²) in [6, 6.07) is -0.995. The van der Waals surface area contributed by atoms with E-state index in [2.05, 4.69) is 26.5 Å². The van der Waals surface area contributed by atoms with Gasteiger partial charge in [-0.2, -0.15) is 0 Å². The molecule has 18 heavy (non-hydrogen) atoms. The lowest BCUT2D eigenvalue weighted by molar-refractivity contribution is -0.141. The van der Waals surface area contributed by atoms with Gasteiger partial charge in [0.05, 0.1) is 19.4 Å². The van der Waals surface area contributed by atoms with Crippen LogP contribution in [0.5, 0.6) is 0 Å². The van der Waals surface area contributed by atoms with Gasteiger partial charge >= 0.3 is 5.97 Å². The van der Waals surface area contributed by atoms with E-state index in [-0.39, 0.29) is 19.5 Å². The lowest BCUT2D eigenvalue weighted by Crippen LogP contribution is -2.45. The topological polar surface area (TPSA) is 107 Å². The molecule has 1 amide bonds. The van der Waals surface area contributed by atoms with Gasteiger partial charge in [-0.25, -0.2) is 9.78 Å². The first-order valence-electron chi connectivity index (χ1n) is 5.27. The molecule has 4 N–H and O–H groups in total. The number of aliphatic carboxylic acids is 1. The second-order valence-corrected chi connectivity index (χ2v) is 3.55. The molecule has 7 heteroatoms. The molecule has 1 aromatic rings. The number of aromatic nitrogens is 2. The van der Waals surface area contributed by atoms with Gasteiger partial charge in [0, 0.05) is 18.3 Å². The fraction of sp³-hybridized carbons (Fsp3) is 0.364. The summed E-state index contributed by atoms with van der Waals surface area (Å²) in [4.78, 5) is 29.0. The zero-order chi connectivity index (χ0) is 13.4. The fourth-order valence-electron chi connectivity index (χ4n) is 1.31. The van der Waals surface area contributed by atoms with E-state index in [1.165, 1.54) is 12.5 Å². The predicted octanol–water partition coefficient (Wildman–Crippen LogP) is -1.26. The third kappa shape index (κ3) is 4.67. The summed E-state index contributed by atoms with van der Waals surface area (Å²) in [6.07, 6.45) is 8.12. The number of nitrogens with one attached hydrogen (secondary N) is 3. The third-order valence-corrected chi connectivity index (χ3v) is 2.12. The van der Waals surface area contributed by atoms with Crippen molar-refractivity contribution in [2.45, 2.75) is 12.5 Å². The molecule has 1 atom stereocenters. The van der Waals surface area contributed by atoms with Crippen LogP contribution in [0, 0.1) is 12.3 Å². The highest BCUT2D eigenvalue weighted by Gasteiger charge is 2.20. The molecule has 1 rings (SSSR count). The number of hydrogen-bond acceptors (Lipinski definition) is 4. The highest BCUT2D eigenvalue weighted by Crippen LogP contribution is 1.98. The van der Waals surface area contributed by atoms with Crippen LogP contribution in [0.15, 0.2) is 12.5 Å². The van der Waals surface area contributed by atoms with Gasteiger partial charge < -0.3 is 15.4 Å². The van der Waals surface area contributed by atoms with Crippen LogP contribution in [-0.4, -0.2) is 46.1 Å². The monoisotopic (exact) mass is 250 g/mol. The quantitative estimate of drug-likeness (QED) is 0.357. The van der Waals surface area contributed by atoms with Crippen molar-refractivity contribution in [3.8, 4) is 12.3 Å². The van der Waals surface area contributed by atoms with Crippen molar-refractivity contribution in [1.82, 2.24) is 20.6 Å². The Morgan fingerprint density at radius 2 is 2.39 bits per heavy atom. The number of carbonyl (C=O) groups is 2. The van der Waals surface area contributed by atoms with E-state index < -0.39 is 17.9 Å². The standard InChI is InChI=1S/C11H14N4O3/c1-2-3-12-6-10(16)15-9(11(17)18)4-8-5-13-7-14-8/h1,5,7,9,12H,3-4,6H2,(H,13,14)(H,15,16)(H,17,18). The first kappa shape index (κ1) is 13.7. The molecule has 96 valence electrons. The van der Waals surface area contributed by atoms with E-state index in [4.69, 9.17) is 11.5 Å². The van der Waals surface area contributed by atoms with Crippen LogP contribution in [0.4, 0.5) is 0 Å².